The number of methoxy groups -OCH3 is 1. The molecule has 0 fully saturated rings. The minimum absolute atomic E-state index is 0.000470. The molecule has 4 aromatic rings. The number of carbonyl (C=O) groups excluding carboxylic acids is 2. The number of ether oxygens (including phenoxy) is 2. The Labute approximate surface area is 259 Å². The van der Waals surface area contributed by atoms with Crippen LogP contribution in [-0.2, 0) is 24.8 Å². The van der Waals surface area contributed by atoms with Crippen LogP contribution in [0.1, 0.15) is 35.3 Å². The molecule has 2 heterocycles. The van der Waals surface area contributed by atoms with Crippen LogP contribution in [0.3, 0.4) is 0 Å². The lowest BCUT2D eigenvalue weighted by atomic mass is 9.99. The van der Waals surface area contributed by atoms with Crippen molar-refractivity contribution in [2.24, 2.45) is 13.0 Å². The summed E-state index contributed by atoms with van der Waals surface area (Å²) in [4.78, 5) is 30.9. The number of aliphatic hydroxyl groups excluding tert-OH is 1. The molecule has 232 valence electrons. The predicted molar refractivity (Wildman–Crippen MR) is 172 cm³/mol. The molecule has 5 rings (SSSR count). The number of para-hydroxylation sites is 1. The minimum Gasteiger partial charge on any atom is -0.497 e. The van der Waals surface area contributed by atoms with Gasteiger partial charge in [-0.05, 0) is 61.5 Å². The first-order chi connectivity index (χ1) is 21.2. The lowest BCUT2D eigenvalue weighted by molar-refractivity contribution is -0.115. The summed E-state index contributed by atoms with van der Waals surface area (Å²) in [6.07, 6.45) is 1.96. The Hall–Kier alpha value is -4.34. The molecule has 1 aliphatic rings. The van der Waals surface area contributed by atoms with Crippen LogP contribution in [-0.4, -0.2) is 77.3 Å². The number of nitrogens with one attached hydrogen (secondary N) is 1. The average Bonchev–Trinajstić information content (AvgIpc) is 3.33. The van der Waals surface area contributed by atoms with Crippen molar-refractivity contribution in [2.75, 3.05) is 39.2 Å². The number of aliphatic hydroxyl groups is 1. The van der Waals surface area contributed by atoms with E-state index in [1.165, 1.54) is 0 Å². The van der Waals surface area contributed by atoms with Crippen LogP contribution in [0.15, 0.2) is 72.9 Å². The Balaban J connectivity index is 1.36. The molecule has 0 saturated heterocycles. The normalized spacial score (nSPS) is 17.5. The second-order valence-corrected chi connectivity index (χ2v) is 11.9. The Morgan fingerprint density at radius 1 is 1.16 bits per heavy atom. The van der Waals surface area contributed by atoms with Crippen LogP contribution in [0.5, 0.6) is 11.5 Å². The topological polar surface area (TPSA) is 96.3 Å². The summed E-state index contributed by atoms with van der Waals surface area (Å²) in [5.41, 5.74) is 4.04. The zero-order chi connectivity index (χ0) is 31.4. The smallest absolute Gasteiger partial charge is 0.258 e. The summed E-state index contributed by atoms with van der Waals surface area (Å²) in [5.74, 6) is 0.874. The van der Waals surface area contributed by atoms with Crippen LogP contribution in [0.4, 0.5) is 5.69 Å². The van der Waals surface area contributed by atoms with E-state index >= 15 is 0 Å². The molecule has 0 bridgehead atoms. The molecular formula is C35H42N4O5. The van der Waals surface area contributed by atoms with E-state index in [2.05, 4.69) is 17.1 Å². The molecule has 0 spiro atoms. The van der Waals surface area contributed by atoms with Gasteiger partial charge in [-0.1, -0.05) is 37.3 Å². The standard InChI is InChI=1S/C35H42N4O5/c1-23-18-39(24(2)22-40)35(42)30-17-27(36-34(41)16-26-20-38(4)31-9-7-6-8-29(26)31)12-15-32(30)44-33(23)21-37(3)19-25-10-13-28(43-5)14-11-25/h6-15,17,20,23-24,33,40H,16,18-19,21-22H2,1-5H3,(H,36,41)/t23-,24+,33-/m0/s1. The number of likely N-dealkylation sites (N-methyl/N-ethyl adjacent to an activating group) is 1. The molecule has 3 atom stereocenters. The van der Waals surface area contributed by atoms with E-state index in [1.807, 2.05) is 80.3 Å². The number of fused-ring (bicyclic) bond motifs is 2. The second-order valence-electron chi connectivity index (χ2n) is 11.9. The van der Waals surface area contributed by atoms with Crippen LogP contribution in [0, 0.1) is 5.92 Å². The molecule has 1 aromatic heterocycles. The van der Waals surface area contributed by atoms with Crippen molar-refractivity contribution in [1.82, 2.24) is 14.4 Å². The molecule has 2 N–H and O–H groups in total. The third kappa shape index (κ3) is 6.90. The number of benzene rings is 3. The van der Waals surface area contributed by atoms with Crippen molar-refractivity contribution < 1.29 is 24.2 Å². The lowest BCUT2D eigenvalue weighted by Crippen LogP contribution is -2.49. The molecule has 3 aromatic carbocycles. The first-order valence-electron chi connectivity index (χ1n) is 15.0. The third-order valence-corrected chi connectivity index (χ3v) is 8.38. The fraction of sp³-hybridized carbons (Fsp3) is 0.371. The van der Waals surface area contributed by atoms with E-state index < -0.39 is 0 Å². The van der Waals surface area contributed by atoms with Gasteiger partial charge in [0.2, 0.25) is 5.91 Å². The highest BCUT2D eigenvalue weighted by Gasteiger charge is 2.33. The van der Waals surface area contributed by atoms with Crippen molar-refractivity contribution in [1.29, 1.82) is 0 Å². The number of carbonyl (C=O) groups is 2. The molecule has 44 heavy (non-hydrogen) atoms. The largest absolute Gasteiger partial charge is 0.497 e. The third-order valence-electron chi connectivity index (χ3n) is 8.38. The van der Waals surface area contributed by atoms with Crippen LogP contribution in [0.2, 0.25) is 0 Å². The molecular weight excluding hydrogens is 556 g/mol. The number of amides is 2. The van der Waals surface area contributed by atoms with Gasteiger partial charge in [0.25, 0.3) is 5.91 Å². The van der Waals surface area contributed by atoms with E-state index in [0.29, 0.717) is 30.1 Å². The number of aromatic nitrogens is 1. The highest BCUT2D eigenvalue weighted by molar-refractivity contribution is 6.00. The molecule has 1 aliphatic heterocycles. The maximum absolute atomic E-state index is 13.8. The minimum atomic E-state index is -0.377. The fourth-order valence-electron chi connectivity index (χ4n) is 5.88. The van der Waals surface area contributed by atoms with Gasteiger partial charge in [-0.15, -0.1) is 0 Å². The monoisotopic (exact) mass is 598 g/mol. The van der Waals surface area contributed by atoms with Crippen molar-refractivity contribution in [2.45, 2.75) is 39.0 Å². The van der Waals surface area contributed by atoms with E-state index in [0.717, 1.165) is 34.3 Å². The average molecular weight is 599 g/mol. The van der Waals surface area contributed by atoms with Crippen molar-refractivity contribution in [3.63, 3.8) is 0 Å². The van der Waals surface area contributed by atoms with Gasteiger partial charge in [0, 0.05) is 55.4 Å². The molecule has 9 heteroatoms. The van der Waals surface area contributed by atoms with E-state index in [-0.39, 0.29) is 42.9 Å². The molecule has 2 amide bonds. The highest BCUT2D eigenvalue weighted by Crippen LogP contribution is 2.31. The second kappa shape index (κ2) is 13.5. The zero-order valence-corrected chi connectivity index (χ0v) is 26.1. The number of anilines is 1. The predicted octanol–water partition coefficient (Wildman–Crippen LogP) is 4.72. The van der Waals surface area contributed by atoms with Gasteiger partial charge in [-0.25, -0.2) is 0 Å². The Bertz CT molecular complexity index is 1620. The molecule has 0 unspecified atom stereocenters. The van der Waals surface area contributed by atoms with Gasteiger partial charge in [0.1, 0.15) is 17.6 Å². The van der Waals surface area contributed by atoms with Crippen LogP contribution >= 0.6 is 0 Å². The summed E-state index contributed by atoms with van der Waals surface area (Å²) < 4.78 is 13.8. The quantitative estimate of drug-likeness (QED) is 0.274. The van der Waals surface area contributed by atoms with Crippen LogP contribution in [0.25, 0.3) is 10.9 Å². The summed E-state index contributed by atoms with van der Waals surface area (Å²) in [6.45, 7) is 5.54. The number of hydrogen-bond acceptors (Lipinski definition) is 6. The molecule has 0 aliphatic carbocycles. The number of hydrogen-bond donors (Lipinski definition) is 2. The van der Waals surface area contributed by atoms with E-state index in [4.69, 9.17) is 9.47 Å². The van der Waals surface area contributed by atoms with Crippen LogP contribution < -0.4 is 14.8 Å². The van der Waals surface area contributed by atoms with Crippen molar-refractivity contribution >= 4 is 28.4 Å². The Morgan fingerprint density at radius 2 is 1.91 bits per heavy atom. The van der Waals surface area contributed by atoms with E-state index in [9.17, 15) is 14.7 Å². The lowest BCUT2D eigenvalue weighted by Gasteiger charge is -2.38. The number of rotatable bonds is 10. The van der Waals surface area contributed by atoms with Gasteiger partial charge in [-0.2, -0.15) is 0 Å². The maximum Gasteiger partial charge on any atom is 0.258 e. The summed E-state index contributed by atoms with van der Waals surface area (Å²) in [6, 6.07) is 20.8. The van der Waals surface area contributed by atoms with Crippen molar-refractivity contribution in [3.8, 4) is 11.5 Å². The van der Waals surface area contributed by atoms with E-state index in [1.54, 1.807) is 30.2 Å². The van der Waals surface area contributed by atoms with Gasteiger partial charge in [-0.3, -0.25) is 14.5 Å². The summed E-state index contributed by atoms with van der Waals surface area (Å²) >= 11 is 0. The summed E-state index contributed by atoms with van der Waals surface area (Å²) in [5, 5.41) is 14.0. The number of aryl methyl sites for hydroxylation is 1. The molecule has 0 saturated carbocycles. The van der Waals surface area contributed by atoms with Gasteiger partial charge in [0.05, 0.1) is 31.7 Å². The molecule has 9 nitrogen and oxygen atoms in total. The highest BCUT2D eigenvalue weighted by atomic mass is 16.5. The zero-order valence-electron chi connectivity index (χ0n) is 26.1. The van der Waals surface area contributed by atoms with Crippen molar-refractivity contribution in [3.05, 3.63) is 89.6 Å². The van der Waals surface area contributed by atoms with Gasteiger partial charge >= 0.3 is 0 Å². The van der Waals surface area contributed by atoms with Gasteiger partial charge < -0.3 is 29.4 Å². The van der Waals surface area contributed by atoms with Gasteiger partial charge in [0.15, 0.2) is 0 Å². The first-order valence-corrected chi connectivity index (χ1v) is 15.0. The Morgan fingerprint density at radius 3 is 2.64 bits per heavy atom. The first kappa shape index (κ1) is 31.1. The fourth-order valence-corrected chi connectivity index (χ4v) is 5.88. The summed E-state index contributed by atoms with van der Waals surface area (Å²) in [7, 11) is 5.67. The number of nitrogens with zero attached hydrogens (tertiary/aromatic N) is 3. The maximum atomic E-state index is 13.8. The SMILES string of the molecule is COc1ccc(CN(C)C[C@@H]2Oc3ccc(NC(=O)Cc4cn(C)c5ccccc45)cc3C(=O)N([C@H](C)CO)C[C@@H]2C)cc1. The Kier molecular flexibility index (Phi) is 9.56. The molecule has 0 radical (unpaired) electrons.